The Hall–Kier alpha value is -3.85. The molecular weight excluding hydrogens is 1050 g/mol. The zero-order chi connectivity index (χ0) is 48.0. The molecule has 0 fully saturated rings. The van der Waals surface area contributed by atoms with Crippen LogP contribution in [0, 0.1) is 0 Å². The molecule has 0 saturated heterocycles. The second kappa shape index (κ2) is 21.1. The van der Waals surface area contributed by atoms with E-state index in [1.807, 2.05) is 99.0 Å². The molecular formula is C45H37ClN5NaO10S7. The summed E-state index contributed by atoms with van der Waals surface area (Å²) in [6.45, 7) is 0.270. The zero-order valence-corrected chi connectivity index (χ0v) is 44.8. The van der Waals surface area contributed by atoms with Gasteiger partial charge in [0.2, 0.25) is 24.2 Å². The number of para-hydroxylation sites is 1. The number of nitrogens with one attached hydrogen (secondary N) is 1. The number of hydrogen-bond donors (Lipinski definition) is 1. The first-order valence-electron chi connectivity index (χ1n) is 20.7. The van der Waals surface area contributed by atoms with E-state index in [0.29, 0.717) is 25.6 Å². The predicted molar refractivity (Wildman–Crippen MR) is 264 cm³/mol. The summed E-state index contributed by atoms with van der Waals surface area (Å²) < 4.78 is 111. The van der Waals surface area contributed by atoms with Crippen molar-refractivity contribution in [2.75, 3.05) is 34.4 Å². The van der Waals surface area contributed by atoms with E-state index < -0.39 is 46.8 Å². The number of thioether (sulfide) groups is 2. The van der Waals surface area contributed by atoms with Crippen molar-refractivity contribution in [2.45, 2.75) is 40.7 Å². The molecule has 0 saturated carbocycles. The number of aromatic nitrogens is 2. The fraction of sp³-hybridized carbons (Fsp3) is 0.178. The summed E-state index contributed by atoms with van der Waals surface area (Å²) in [4.78, 5) is 19.0. The van der Waals surface area contributed by atoms with Crippen LogP contribution in [0.3, 0.4) is 0 Å². The maximum atomic E-state index is 14.3. The molecule has 0 spiro atoms. The zero-order valence-electron chi connectivity index (χ0n) is 36.3. The van der Waals surface area contributed by atoms with Crippen molar-refractivity contribution in [3.63, 3.8) is 0 Å². The average Bonchev–Trinajstić information content (AvgIpc) is 4.01. The van der Waals surface area contributed by atoms with Crippen LogP contribution in [0.5, 0.6) is 0 Å². The van der Waals surface area contributed by atoms with E-state index in [0.717, 1.165) is 52.2 Å². The number of carbonyl (C=O) groups is 1. The first kappa shape index (κ1) is 51.5. The summed E-state index contributed by atoms with van der Waals surface area (Å²) in [6, 6.07) is 33.0. The molecule has 2 aromatic heterocycles. The van der Waals surface area contributed by atoms with Crippen LogP contribution in [-0.4, -0.2) is 69.4 Å². The van der Waals surface area contributed by atoms with Crippen LogP contribution in [-0.2, 0) is 48.4 Å². The van der Waals surface area contributed by atoms with Crippen molar-refractivity contribution in [1.82, 2.24) is 5.32 Å². The number of nitrogens with zero attached hydrogens (tertiary/aromatic N) is 4. The van der Waals surface area contributed by atoms with Gasteiger partial charge in [-0.2, -0.15) is 9.13 Å². The van der Waals surface area contributed by atoms with Crippen LogP contribution in [0.1, 0.15) is 22.9 Å². The van der Waals surface area contributed by atoms with E-state index in [1.165, 1.54) is 64.4 Å². The Morgan fingerprint density at radius 3 is 1.91 bits per heavy atom. The van der Waals surface area contributed by atoms with E-state index >= 15 is 0 Å². The second-order valence-corrected chi connectivity index (χ2v) is 24.7. The first-order valence-corrected chi connectivity index (χ1v) is 28.9. The SMILES string of the molecule is O=C(C[n+]1c(C=C2Sc3cc(S(=O)(=O)[O-])ccc3N2CCCS(=O)(=O)[O-])sc2ccccc21)NC[n+]1c(C=C2Sc3ccc(Cl)cc3N2CCCS(=O)(=O)[O-])sc2ccc(-c3ccccc3)cc21.[Na+]. The Morgan fingerprint density at radius 1 is 0.638 bits per heavy atom. The van der Waals surface area contributed by atoms with Gasteiger partial charge in [-0.15, -0.1) is 0 Å². The van der Waals surface area contributed by atoms with Crippen molar-refractivity contribution in [1.29, 1.82) is 0 Å². The smallest absolute Gasteiger partial charge is 0.748 e. The van der Waals surface area contributed by atoms with Crippen LogP contribution in [0.2, 0.25) is 5.02 Å². The molecule has 0 aliphatic carbocycles. The molecule has 0 unspecified atom stereocenters. The van der Waals surface area contributed by atoms with Gasteiger partial charge in [0.05, 0.1) is 58.7 Å². The Labute approximate surface area is 442 Å². The minimum Gasteiger partial charge on any atom is -0.748 e. The van der Waals surface area contributed by atoms with Crippen LogP contribution in [0.25, 0.3) is 43.7 Å². The van der Waals surface area contributed by atoms with Crippen molar-refractivity contribution in [2.24, 2.45) is 0 Å². The van der Waals surface area contributed by atoms with Gasteiger partial charge in [-0.25, -0.2) is 25.3 Å². The van der Waals surface area contributed by atoms with Gasteiger partial charge < -0.3 is 23.5 Å². The maximum absolute atomic E-state index is 14.3. The first-order chi connectivity index (χ1) is 32.4. The number of benzene rings is 5. The molecule has 1 amide bonds. The molecule has 24 heteroatoms. The van der Waals surface area contributed by atoms with Gasteiger partial charge in [0.1, 0.15) is 19.5 Å². The van der Waals surface area contributed by atoms with Gasteiger partial charge in [0.25, 0.3) is 15.9 Å². The monoisotopic (exact) mass is 1090 g/mol. The molecule has 7 aromatic rings. The topological polar surface area (TPSA) is 215 Å². The third kappa shape index (κ3) is 12.1. The fourth-order valence-corrected chi connectivity index (χ4v) is 14.2. The summed E-state index contributed by atoms with van der Waals surface area (Å²) in [5.74, 6) is -1.48. The normalized spacial score (nSPS) is 15.0. The van der Waals surface area contributed by atoms with E-state index in [9.17, 15) is 43.7 Å². The molecule has 15 nitrogen and oxygen atoms in total. The fourth-order valence-electron chi connectivity index (χ4n) is 7.87. The number of carbonyl (C=O) groups excluding carboxylic acids is 1. The molecule has 0 radical (unpaired) electrons. The summed E-state index contributed by atoms with van der Waals surface area (Å²) in [7, 11) is -13.8. The van der Waals surface area contributed by atoms with E-state index in [4.69, 9.17) is 11.6 Å². The summed E-state index contributed by atoms with van der Waals surface area (Å²) in [5.41, 5.74) is 4.90. The largest absolute Gasteiger partial charge is 1.00 e. The molecule has 69 heavy (non-hydrogen) atoms. The van der Waals surface area contributed by atoms with E-state index in [1.54, 1.807) is 17.0 Å². The molecule has 2 aliphatic heterocycles. The number of hydrogen-bond acceptors (Lipinski definition) is 16. The number of fused-ring (bicyclic) bond motifs is 4. The van der Waals surface area contributed by atoms with Gasteiger partial charge in [0.15, 0.2) is 0 Å². The number of halogens is 1. The van der Waals surface area contributed by atoms with Gasteiger partial charge >= 0.3 is 29.6 Å². The van der Waals surface area contributed by atoms with Gasteiger partial charge in [-0.05, 0) is 72.5 Å². The molecule has 352 valence electrons. The Balaban J connectivity index is 0.00000642. The third-order valence-corrected chi connectivity index (χ3v) is 18.0. The van der Waals surface area contributed by atoms with Gasteiger partial charge in [-0.3, -0.25) is 10.1 Å². The molecule has 5 aromatic carbocycles. The third-order valence-electron chi connectivity index (χ3n) is 10.9. The minimum atomic E-state index is -4.78. The Bertz CT molecular complexity index is 3550. The van der Waals surface area contributed by atoms with Crippen molar-refractivity contribution >= 4 is 138 Å². The van der Waals surface area contributed by atoms with Gasteiger partial charge in [0, 0.05) is 51.5 Å². The average molecular weight is 1090 g/mol. The second-order valence-electron chi connectivity index (χ2n) is 15.6. The van der Waals surface area contributed by atoms with Crippen molar-refractivity contribution in [3.8, 4) is 11.1 Å². The number of amides is 1. The predicted octanol–water partition coefficient (Wildman–Crippen LogP) is 4.39. The molecule has 9 rings (SSSR count). The van der Waals surface area contributed by atoms with Crippen molar-refractivity contribution < 1.29 is 82.4 Å². The Morgan fingerprint density at radius 2 is 1.25 bits per heavy atom. The molecule has 1 N–H and O–H groups in total. The number of rotatable bonds is 16. The minimum absolute atomic E-state index is 0. The molecule has 4 heterocycles. The van der Waals surface area contributed by atoms with Crippen LogP contribution < -0.4 is 53.8 Å². The maximum Gasteiger partial charge on any atom is 1.00 e. The summed E-state index contributed by atoms with van der Waals surface area (Å²) in [5, 5.41) is 6.40. The Kier molecular flexibility index (Phi) is 15.7. The molecule has 0 atom stereocenters. The van der Waals surface area contributed by atoms with Crippen molar-refractivity contribution in [3.05, 3.63) is 134 Å². The van der Waals surface area contributed by atoms with Crippen LogP contribution in [0.4, 0.5) is 11.4 Å². The molecule has 2 aliphatic rings. The summed E-state index contributed by atoms with van der Waals surface area (Å²) in [6.07, 6.45) is 3.87. The van der Waals surface area contributed by atoms with E-state index in [-0.39, 0.29) is 74.6 Å². The summed E-state index contributed by atoms with van der Waals surface area (Å²) >= 11 is 12.0. The standard InChI is InChI=1S/C45H38ClN5O10S7.Na/c46-31-13-17-39-36(23-31)49(19-7-21-67(56,57)58)43(63-39)26-45-51(35-22-30(12-16-38(35)64-45)29-8-2-1-3-9-29)28-47-41(52)27-50-33-10-4-5-11-37(33)62-44(50)25-42-48(18-6-20-66(53,54)55)34-15-14-32(68(59,60)61)24-40(34)65-42;/h1-5,8-17,22-26H,6-7,18-21,27-28H2,(H2-2,47,52,53,54,55,56,57,58,59,60,61);/q;+1/p-1. The van der Waals surface area contributed by atoms with E-state index in [2.05, 4.69) is 11.4 Å². The van der Waals surface area contributed by atoms with Gasteiger partial charge in [-0.1, -0.05) is 106 Å². The number of thiazole rings is 2. The molecule has 0 bridgehead atoms. The van der Waals surface area contributed by atoms with Crippen LogP contribution in [0.15, 0.2) is 134 Å². The van der Waals surface area contributed by atoms with Crippen LogP contribution >= 0.6 is 57.8 Å². The number of anilines is 2. The quantitative estimate of drug-likeness (QED) is 0.0808.